The van der Waals surface area contributed by atoms with E-state index in [-0.39, 0.29) is 139 Å². The first-order valence-electron chi connectivity index (χ1n) is 28.3. The molecule has 0 aliphatic heterocycles. The normalized spacial score (nSPS) is 10.5. The average molecular weight is 1920 g/mol. The molecular formula is C71H55Br7Cl2O24. The highest BCUT2D eigenvalue weighted by Gasteiger charge is 2.28. The fourth-order valence-corrected chi connectivity index (χ4v) is 12.8. The Morgan fingerprint density at radius 2 is 0.625 bits per heavy atom. The van der Waals surface area contributed by atoms with Gasteiger partial charge >= 0.3 is 0 Å². The van der Waals surface area contributed by atoms with Gasteiger partial charge in [-0.25, -0.2) is 0 Å². The van der Waals surface area contributed by atoms with Crippen molar-refractivity contribution in [3.63, 3.8) is 0 Å². The van der Waals surface area contributed by atoms with Crippen molar-refractivity contribution in [2.24, 2.45) is 0 Å². The van der Waals surface area contributed by atoms with Gasteiger partial charge in [-0.1, -0.05) is 78.4 Å². The van der Waals surface area contributed by atoms with Crippen LogP contribution in [0.15, 0.2) is 134 Å². The smallest absolute Gasteiger partial charge is 0.201 e. The second-order valence-corrected chi connectivity index (χ2v) is 28.2. The van der Waals surface area contributed by atoms with E-state index < -0.39 is 86.4 Å². The quantitative estimate of drug-likeness (QED) is 0.0343. The number of halogens is 9. The Kier molecular flexibility index (Phi) is 28.7. The van der Waals surface area contributed by atoms with Gasteiger partial charge in [-0.15, -0.1) is 0 Å². The van der Waals surface area contributed by atoms with E-state index in [1.165, 1.54) is 62.4 Å². The molecule has 24 nitrogen and oxygen atoms in total. The summed E-state index contributed by atoms with van der Waals surface area (Å²) in [5.74, 6) is -11.7. The molecule has 0 saturated heterocycles. The van der Waals surface area contributed by atoms with Crippen LogP contribution in [0.25, 0.3) is 0 Å². The van der Waals surface area contributed by atoms with Crippen LogP contribution >= 0.6 is 135 Å². The summed E-state index contributed by atoms with van der Waals surface area (Å²) in [4.78, 5) is 61.9. The van der Waals surface area contributed by atoms with Crippen molar-refractivity contribution in [2.45, 2.75) is 42.0 Å². The molecule has 33 heteroatoms. The number of ketones is 5. The molecule has 0 amide bonds. The van der Waals surface area contributed by atoms with Crippen LogP contribution in [-0.2, 0) is 0 Å². The summed E-state index contributed by atoms with van der Waals surface area (Å²) in [5.41, 5.74) is 2.17. The van der Waals surface area contributed by atoms with Gasteiger partial charge in [0.15, 0.2) is 121 Å². The lowest BCUT2D eigenvalue weighted by molar-refractivity contribution is 0.102. The minimum atomic E-state index is -0.809. The SMILES string of the molecule is C.Cc1c(Br)cc(C(=O)c2cc(O)c(O)c(Br)c2)c(Br)c1Br.Cc1c(Br)cc(C(=O)c2cc(O)c(O)cc2Br)c(O)c1O.Cc1c(Br)cc(C(=O)c2ccc(O)c(O)c2)c(O)c1O.Cc1c(O)c(O)c(Cl)c(C(=O)c2ccc(O)c(O)c2)c1Cl.Cc1c(O)cc(C(=O)c2ccc(O)c(O)c2O)cc1O. The lowest BCUT2D eigenvalue weighted by atomic mass is 9.99. The van der Waals surface area contributed by atoms with Gasteiger partial charge < -0.3 is 97.0 Å². The fourth-order valence-electron chi connectivity index (χ4n) is 8.72. The maximum absolute atomic E-state index is 12.6. The minimum absolute atomic E-state index is 0. The van der Waals surface area contributed by atoms with Gasteiger partial charge in [0, 0.05) is 82.5 Å². The summed E-state index contributed by atoms with van der Waals surface area (Å²) in [6.07, 6.45) is 0. The van der Waals surface area contributed by atoms with Gasteiger partial charge in [-0.05, 0) is 207 Å². The molecule has 19 N–H and O–H groups in total. The Bertz CT molecular complexity index is 5080. The van der Waals surface area contributed by atoms with Crippen LogP contribution < -0.4 is 0 Å². The van der Waals surface area contributed by atoms with Crippen molar-refractivity contribution in [3.05, 3.63) is 228 Å². The van der Waals surface area contributed by atoms with Gasteiger partial charge in [0.2, 0.25) is 5.75 Å². The second-order valence-electron chi connectivity index (χ2n) is 21.6. The molecular weight excluding hydrogens is 1870 g/mol. The van der Waals surface area contributed by atoms with E-state index in [4.69, 9.17) is 23.2 Å². The number of rotatable bonds is 10. The van der Waals surface area contributed by atoms with E-state index in [2.05, 4.69) is 112 Å². The lowest BCUT2D eigenvalue weighted by Gasteiger charge is -2.13. The Morgan fingerprint density at radius 1 is 0.250 bits per heavy atom. The van der Waals surface area contributed by atoms with Crippen molar-refractivity contribution < 1.29 is 121 Å². The van der Waals surface area contributed by atoms with E-state index in [1.807, 2.05) is 6.92 Å². The molecule has 0 aliphatic carbocycles. The fraction of sp³-hybridized carbons (Fsp3) is 0.0845. The number of carbonyl (C=O) groups is 5. The molecule has 0 spiro atoms. The van der Waals surface area contributed by atoms with Crippen LogP contribution in [0.1, 0.15) is 115 Å². The predicted octanol–water partition coefficient (Wildman–Crippen LogP) is 17.8. The van der Waals surface area contributed by atoms with Crippen molar-refractivity contribution in [3.8, 4) is 109 Å². The number of carbonyl (C=O) groups excluding carboxylic acids is 5. The molecule has 546 valence electrons. The van der Waals surface area contributed by atoms with Gasteiger partial charge in [0.25, 0.3) is 0 Å². The molecule has 10 aromatic carbocycles. The lowest BCUT2D eigenvalue weighted by Crippen LogP contribution is -2.04. The monoisotopic (exact) mass is 1910 g/mol. The van der Waals surface area contributed by atoms with Gasteiger partial charge in [-0.2, -0.15) is 0 Å². The van der Waals surface area contributed by atoms with Gasteiger partial charge in [-0.3, -0.25) is 24.0 Å². The summed E-state index contributed by atoms with van der Waals surface area (Å²) in [6.45, 7) is 7.97. The molecule has 0 atom stereocenters. The highest BCUT2D eigenvalue weighted by molar-refractivity contribution is 9.13. The van der Waals surface area contributed by atoms with E-state index in [1.54, 1.807) is 19.9 Å². The molecule has 104 heavy (non-hydrogen) atoms. The van der Waals surface area contributed by atoms with Crippen molar-refractivity contribution >= 4 is 164 Å². The molecule has 0 aliphatic rings. The minimum Gasteiger partial charge on any atom is -0.508 e. The molecule has 0 radical (unpaired) electrons. The molecule has 0 aromatic heterocycles. The first-order valence-corrected chi connectivity index (χ1v) is 34.6. The zero-order valence-electron chi connectivity index (χ0n) is 52.8. The van der Waals surface area contributed by atoms with E-state index in [9.17, 15) is 121 Å². The summed E-state index contributed by atoms with van der Waals surface area (Å²) in [6, 6.07) is 20.9. The Balaban J connectivity index is 0.000000233. The Morgan fingerprint density at radius 3 is 1.12 bits per heavy atom. The maximum atomic E-state index is 12.6. The summed E-state index contributed by atoms with van der Waals surface area (Å²) in [7, 11) is 0. The Hall–Kier alpha value is -9.31. The Labute approximate surface area is 658 Å². The van der Waals surface area contributed by atoms with Crippen molar-refractivity contribution in [1.29, 1.82) is 0 Å². The second kappa shape index (κ2) is 35.0. The number of phenolic OH excluding ortho intramolecular Hbond substituents is 19. The standard InChI is InChI=1S/C14H8Br4O3.C14H10Br2O5.C14H11BrO5.C14H10Cl2O5.C14H12O6.CH4/c1-5-8(15)4-7(12(18)11(5)17)13(20)6-2-9(16)14(21)10(19)3-6;1-5-8(15)2-7(14(21)12(5)19)13(20)6-3-10(17)11(18)4-9(6)16;1-6-9(15)5-8(14(20)12(6)18)13(19)7-2-3-10(16)11(17)4-7;1-5-10(15)9(11(16)14(21)12(5)19)13(20)6-2-3-7(17)8(18)4-6;1-6-10(16)4-7(5-11(6)17)12(18)8-2-3-9(15)14(20)13(8)19;/h2-4,19,21H,1H3;2-4,17-19,21H,1H3;2-5,16-18,20H,1H3;2-4,17-19,21H,1H3;2-5,15-17,19-20H,1H3;1H4. The molecule has 0 bridgehead atoms. The van der Waals surface area contributed by atoms with Gasteiger partial charge in [0.05, 0.1) is 36.8 Å². The number of aromatic hydroxyl groups is 19. The predicted molar refractivity (Wildman–Crippen MR) is 408 cm³/mol. The molecule has 10 aromatic rings. The van der Waals surface area contributed by atoms with Gasteiger partial charge in [0.1, 0.15) is 11.5 Å². The number of benzene rings is 10. The van der Waals surface area contributed by atoms with Crippen LogP contribution in [0.4, 0.5) is 0 Å². The van der Waals surface area contributed by atoms with Crippen LogP contribution in [0.2, 0.25) is 10.0 Å². The topological polar surface area (TPSA) is 470 Å². The molecule has 0 saturated carbocycles. The first-order chi connectivity index (χ1) is 47.9. The van der Waals surface area contributed by atoms with Crippen molar-refractivity contribution in [1.82, 2.24) is 0 Å². The number of hydrogen-bond acceptors (Lipinski definition) is 24. The van der Waals surface area contributed by atoms with Crippen LogP contribution in [0, 0.1) is 34.6 Å². The van der Waals surface area contributed by atoms with Crippen molar-refractivity contribution in [2.75, 3.05) is 0 Å². The largest absolute Gasteiger partial charge is 0.508 e. The first kappa shape index (κ1) is 85.3. The number of hydrogen-bond donors (Lipinski definition) is 19. The summed E-state index contributed by atoms with van der Waals surface area (Å²) in [5, 5.41) is 181. The van der Waals surface area contributed by atoms with E-state index in [0.29, 0.717) is 30.1 Å². The molecule has 10 rings (SSSR count). The van der Waals surface area contributed by atoms with Crippen LogP contribution in [0.3, 0.4) is 0 Å². The third-order valence-corrected chi connectivity index (χ3v) is 21.8. The summed E-state index contributed by atoms with van der Waals surface area (Å²) < 4.78 is 3.65. The molecule has 0 fully saturated rings. The zero-order valence-corrected chi connectivity index (χ0v) is 65.4. The zero-order chi connectivity index (χ0) is 77.7. The van der Waals surface area contributed by atoms with E-state index >= 15 is 0 Å². The average Bonchev–Trinajstić information content (AvgIpc) is 0.739. The van der Waals surface area contributed by atoms with Crippen LogP contribution in [-0.4, -0.2) is 126 Å². The highest BCUT2D eigenvalue weighted by atomic mass is 79.9. The van der Waals surface area contributed by atoms with Crippen LogP contribution in [0.5, 0.6) is 109 Å². The maximum Gasteiger partial charge on any atom is 0.201 e. The third-order valence-electron chi connectivity index (χ3n) is 14.9. The van der Waals surface area contributed by atoms with E-state index in [0.717, 1.165) is 63.0 Å². The highest BCUT2D eigenvalue weighted by Crippen LogP contribution is 2.47. The summed E-state index contributed by atoms with van der Waals surface area (Å²) >= 11 is 34.7. The third kappa shape index (κ3) is 18.4. The molecule has 0 unspecified atom stereocenters. The number of phenols is 19. The molecule has 0 heterocycles.